The van der Waals surface area contributed by atoms with Crippen molar-refractivity contribution < 1.29 is 23.8 Å². The molecule has 1 aliphatic rings. The Hall–Kier alpha value is -3.50. The van der Waals surface area contributed by atoms with E-state index in [-0.39, 0.29) is 29.0 Å². The molecule has 0 spiro atoms. The summed E-state index contributed by atoms with van der Waals surface area (Å²) >= 11 is 0. The second-order valence-corrected chi connectivity index (χ2v) is 8.94. The van der Waals surface area contributed by atoms with E-state index in [1.54, 1.807) is 12.3 Å². The van der Waals surface area contributed by atoms with E-state index in [0.29, 0.717) is 24.9 Å². The fourth-order valence-electron chi connectivity index (χ4n) is 4.82. The zero-order chi connectivity index (χ0) is 25.3. The van der Waals surface area contributed by atoms with E-state index in [0.717, 1.165) is 23.9 Å². The van der Waals surface area contributed by atoms with Gasteiger partial charge >= 0.3 is 0 Å². The Kier molecular flexibility index (Phi) is 6.77. The molecule has 3 aromatic rings. The smallest absolute Gasteiger partial charge is 0.276 e. The predicted molar refractivity (Wildman–Crippen MR) is 126 cm³/mol. The minimum Gasteiger partial charge on any atom is -0.396 e. The second-order valence-electron chi connectivity index (χ2n) is 8.94. The van der Waals surface area contributed by atoms with Crippen LogP contribution in [0.25, 0.3) is 11.4 Å². The number of nitrogen functional groups attached to an aromatic ring is 1. The van der Waals surface area contributed by atoms with E-state index < -0.39 is 34.8 Å². The van der Waals surface area contributed by atoms with Gasteiger partial charge in [0.05, 0.1) is 41.0 Å². The molecule has 35 heavy (non-hydrogen) atoms. The number of aliphatic hydroxyl groups is 2. The number of nitrogens with zero attached hydrogens (tertiary/aromatic N) is 3. The molecule has 0 radical (unpaired) electrons. The summed E-state index contributed by atoms with van der Waals surface area (Å²) in [6, 6.07) is 5.10. The minimum absolute atomic E-state index is 0.0665. The van der Waals surface area contributed by atoms with Crippen LogP contribution >= 0.6 is 0 Å². The number of nitrogens with one attached hydrogen (secondary N) is 1. The van der Waals surface area contributed by atoms with Crippen LogP contribution in [0.3, 0.4) is 0 Å². The van der Waals surface area contributed by atoms with Gasteiger partial charge in [0, 0.05) is 6.20 Å². The number of hydrogen-bond donors (Lipinski definition) is 4. The molecule has 5 N–H and O–H groups in total. The highest BCUT2D eigenvalue weighted by Gasteiger charge is 2.45. The molecule has 10 heteroatoms. The highest BCUT2D eigenvalue weighted by atomic mass is 19.1. The molecular weight excluding hydrogens is 456 g/mol. The number of rotatable bonds is 5. The Balaban J connectivity index is 1.63. The highest BCUT2D eigenvalue weighted by Crippen LogP contribution is 2.45. The molecule has 1 aliphatic carbocycles. The van der Waals surface area contributed by atoms with Crippen LogP contribution in [0.2, 0.25) is 0 Å². The lowest BCUT2D eigenvalue weighted by atomic mass is 9.67. The van der Waals surface area contributed by atoms with Gasteiger partial charge in [-0.15, -0.1) is 0 Å². The number of benzene rings is 1. The molecule has 2 heterocycles. The fraction of sp³-hybridized carbons (Fsp3) is 0.360. The number of halogens is 2. The van der Waals surface area contributed by atoms with Crippen LogP contribution in [0.15, 0.2) is 42.9 Å². The Morgan fingerprint density at radius 2 is 1.94 bits per heavy atom. The Bertz CT molecular complexity index is 1220. The fourth-order valence-corrected chi connectivity index (χ4v) is 4.82. The van der Waals surface area contributed by atoms with E-state index >= 15 is 0 Å². The monoisotopic (exact) mass is 483 g/mol. The van der Waals surface area contributed by atoms with Gasteiger partial charge in [-0.25, -0.2) is 18.7 Å². The standard InChI is InChI=1S/C25H27F2N5O3/c1-3-25(35)13(2)9-14(10-20(25)33)15-7-8-29-12-19(15)31-24(34)22-18(28)11-30-23(32-22)21-16(26)5-4-6-17(21)27/h4-8,11-14,20,33,35H,3,9-10,28H2,1-2H3,(H,31,34)/t13-,14+,20+,25+/m1/s1. The van der Waals surface area contributed by atoms with Crippen LogP contribution in [0.5, 0.6) is 0 Å². The van der Waals surface area contributed by atoms with Crippen molar-refractivity contribution in [2.24, 2.45) is 5.92 Å². The van der Waals surface area contributed by atoms with E-state index in [9.17, 15) is 23.8 Å². The quantitative estimate of drug-likeness (QED) is 0.435. The van der Waals surface area contributed by atoms with Crippen LogP contribution < -0.4 is 11.1 Å². The van der Waals surface area contributed by atoms with Crippen molar-refractivity contribution in [3.8, 4) is 11.4 Å². The topological polar surface area (TPSA) is 134 Å². The number of carbonyl (C=O) groups is 1. The van der Waals surface area contributed by atoms with Crippen molar-refractivity contribution in [3.63, 3.8) is 0 Å². The van der Waals surface area contributed by atoms with Crippen LogP contribution in [0.4, 0.5) is 20.2 Å². The lowest BCUT2D eigenvalue weighted by molar-refractivity contribution is -0.138. The first kappa shape index (κ1) is 24.6. The van der Waals surface area contributed by atoms with Crippen LogP contribution in [0, 0.1) is 17.6 Å². The lowest BCUT2D eigenvalue weighted by Crippen LogP contribution is -2.51. The van der Waals surface area contributed by atoms with Gasteiger partial charge in [0.2, 0.25) is 0 Å². The second kappa shape index (κ2) is 9.63. The molecule has 8 nitrogen and oxygen atoms in total. The van der Waals surface area contributed by atoms with Crippen molar-refractivity contribution in [2.75, 3.05) is 11.1 Å². The third kappa shape index (κ3) is 4.59. The molecule has 1 amide bonds. The van der Waals surface area contributed by atoms with Crippen molar-refractivity contribution in [1.82, 2.24) is 15.0 Å². The van der Waals surface area contributed by atoms with Crippen LogP contribution in [-0.2, 0) is 0 Å². The number of aliphatic hydroxyl groups excluding tert-OH is 1. The van der Waals surface area contributed by atoms with Gasteiger partial charge in [-0.1, -0.05) is 19.9 Å². The summed E-state index contributed by atoms with van der Waals surface area (Å²) in [6.45, 7) is 3.73. The molecule has 0 aliphatic heterocycles. The van der Waals surface area contributed by atoms with Gasteiger partial charge < -0.3 is 21.3 Å². The molecule has 0 unspecified atom stereocenters. The van der Waals surface area contributed by atoms with Crippen molar-refractivity contribution in [2.45, 2.75) is 50.7 Å². The molecule has 2 aromatic heterocycles. The average Bonchev–Trinajstić information content (AvgIpc) is 2.83. The molecule has 1 aromatic carbocycles. The number of anilines is 2. The first-order valence-electron chi connectivity index (χ1n) is 11.4. The summed E-state index contributed by atoms with van der Waals surface area (Å²) in [4.78, 5) is 25.1. The molecular formula is C25H27F2N5O3. The maximum absolute atomic E-state index is 14.2. The Morgan fingerprint density at radius 1 is 1.23 bits per heavy atom. The van der Waals surface area contributed by atoms with E-state index in [2.05, 4.69) is 20.3 Å². The molecule has 1 saturated carbocycles. The van der Waals surface area contributed by atoms with Gasteiger partial charge in [-0.3, -0.25) is 9.78 Å². The number of hydrogen-bond acceptors (Lipinski definition) is 7. The first-order chi connectivity index (χ1) is 16.7. The van der Waals surface area contributed by atoms with Crippen molar-refractivity contribution in [1.29, 1.82) is 0 Å². The average molecular weight is 484 g/mol. The van der Waals surface area contributed by atoms with E-state index in [1.807, 2.05) is 13.8 Å². The summed E-state index contributed by atoms with van der Waals surface area (Å²) in [5.74, 6) is -3.06. The molecule has 184 valence electrons. The third-order valence-corrected chi connectivity index (χ3v) is 6.90. The number of nitrogens with two attached hydrogens (primary N) is 1. The first-order valence-corrected chi connectivity index (χ1v) is 11.4. The third-order valence-electron chi connectivity index (χ3n) is 6.90. The predicted octanol–water partition coefficient (Wildman–Crippen LogP) is 3.67. The van der Waals surface area contributed by atoms with Gasteiger partial charge in [-0.05, 0) is 54.9 Å². The van der Waals surface area contributed by atoms with Gasteiger partial charge in [0.25, 0.3) is 5.91 Å². The summed E-state index contributed by atoms with van der Waals surface area (Å²) in [5, 5.41) is 24.2. The molecule has 0 bridgehead atoms. The Morgan fingerprint density at radius 3 is 2.60 bits per heavy atom. The summed E-state index contributed by atoms with van der Waals surface area (Å²) < 4.78 is 28.4. The van der Waals surface area contributed by atoms with E-state index in [4.69, 9.17) is 5.73 Å². The summed E-state index contributed by atoms with van der Waals surface area (Å²) in [5.41, 5.74) is 5.10. The maximum atomic E-state index is 14.2. The molecule has 4 rings (SSSR count). The molecule has 1 fully saturated rings. The van der Waals surface area contributed by atoms with Crippen LogP contribution in [0.1, 0.15) is 55.1 Å². The van der Waals surface area contributed by atoms with Crippen LogP contribution in [-0.4, -0.2) is 42.8 Å². The van der Waals surface area contributed by atoms with Gasteiger partial charge in [0.1, 0.15) is 11.6 Å². The zero-order valence-electron chi connectivity index (χ0n) is 19.4. The summed E-state index contributed by atoms with van der Waals surface area (Å²) in [6.07, 6.45) is 4.60. The zero-order valence-corrected chi connectivity index (χ0v) is 19.4. The normalized spacial score (nSPS) is 24.2. The summed E-state index contributed by atoms with van der Waals surface area (Å²) in [7, 11) is 0. The minimum atomic E-state index is -1.17. The number of aromatic nitrogens is 3. The van der Waals surface area contributed by atoms with Crippen molar-refractivity contribution >= 4 is 17.3 Å². The highest BCUT2D eigenvalue weighted by molar-refractivity contribution is 6.06. The Labute approximate surface area is 201 Å². The number of carbonyl (C=O) groups excluding carboxylic acids is 1. The maximum Gasteiger partial charge on any atom is 0.276 e. The van der Waals surface area contributed by atoms with E-state index in [1.165, 1.54) is 12.3 Å². The largest absolute Gasteiger partial charge is 0.396 e. The van der Waals surface area contributed by atoms with Gasteiger partial charge in [0.15, 0.2) is 11.5 Å². The van der Waals surface area contributed by atoms with Gasteiger partial charge in [-0.2, -0.15) is 0 Å². The van der Waals surface area contributed by atoms with Crippen molar-refractivity contribution in [3.05, 3.63) is 65.7 Å². The lowest BCUT2D eigenvalue weighted by Gasteiger charge is -2.45. The molecule has 4 atom stereocenters. The molecule has 0 saturated heterocycles. The SMILES string of the molecule is CC[C@]1(O)[C@H](C)C[C@H](c2ccncc2NC(=O)c2nc(-c3c(F)cccc3F)ncc2N)C[C@@H]1O. The number of pyridine rings is 1. The number of amides is 1.